The molecule has 0 bridgehead atoms. The number of halogens is 1. The molecule has 0 amide bonds. The van der Waals surface area contributed by atoms with Crippen LogP contribution in [0.25, 0.3) is 0 Å². The molecule has 0 unspecified atom stereocenters. The van der Waals surface area contributed by atoms with E-state index in [2.05, 4.69) is 34.6 Å². The average molecular weight is 184 g/mol. The summed E-state index contributed by atoms with van der Waals surface area (Å²) in [6.07, 6.45) is 0. The fraction of sp³-hybridized carbons (Fsp3) is 0. The Morgan fingerprint density at radius 1 is 1.50 bits per heavy atom. The Labute approximate surface area is 41.6 Å². The van der Waals surface area contributed by atoms with Crippen molar-refractivity contribution in [1.82, 2.24) is 0 Å². The maximum absolute atomic E-state index is 3.58. The minimum atomic E-state index is -0.150. The minimum absolute atomic E-state index is 0.150. The summed E-state index contributed by atoms with van der Waals surface area (Å²) in [5.41, 5.74) is 0. The summed E-state index contributed by atoms with van der Waals surface area (Å²) < 4.78 is 0. The van der Waals surface area contributed by atoms with E-state index in [4.69, 9.17) is 0 Å². The third-order valence-corrected chi connectivity index (χ3v) is 0. The van der Waals surface area contributed by atoms with Crippen LogP contribution in [0.1, 0.15) is 0 Å². The van der Waals surface area contributed by atoms with Gasteiger partial charge in [-0.3, -0.25) is 0 Å². The fourth-order valence-electron chi connectivity index (χ4n) is 0. The molecule has 4 heteroatoms. The van der Waals surface area contributed by atoms with Crippen molar-refractivity contribution in [2.45, 2.75) is 0 Å². The van der Waals surface area contributed by atoms with Crippen LogP contribution in [0.2, 0.25) is 0 Å². The monoisotopic (exact) mass is 184 g/mol. The standard InChI is InChI=1S/B2H3IS/c1-4(2)3/h1-2,4H. The van der Waals surface area contributed by atoms with Gasteiger partial charge in [-0.1, -0.05) is 0 Å². The molecule has 0 nitrogen and oxygen atoms in total. The quantitative estimate of drug-likeness (QED) is 0.304. The van der Waals surface area contributed by atoms with Crippen LogP contribution in [0, 0.1) is 0 Å². The molecule has 22 valence electrons. The second kappa shape index (κ2) is 2.45. The van der Waals surface area contributed by atoms with E-state index in [1.165, 1.54) is 0 Å². The summed E-state index contributed by atoms with van der Waals surface area (Å²) in [5, 5.41) is 0. The normalized spacial score (nSPS) is 8.00. The molecule has 0 aliphatic heterocycles. The van der Waals surface area contributed by atoms with E-state index >= 15 is 0 Å². The summed E-state index contributed by atoms with van der Waals surface area (Å²) in [6.45, 7) is 7.01. The maximum atomic E-state index is 3.58. The Balaban J connectivity index is 3.51. The van der Waals surface area contributed by atoms with Crippen molar-refractivity contribution in [2.75, 3.05) is 0 Å². The SMILES string of the molecule is B=[SH](=B)I. The summed E-state index contributed by atoms with van der Waals surface area (Å²) in [4.78, 5) is 0. The zero-order valence-corrected chi connectivity index (χ0v) is 5.29. The summed E-state index contributed by atoms with van der Waals surface area (Å²) in [6, 6.07) is 0. The zero-order chi connectivity index (χ0) is 3.58. The summed E-state index contributed by atoms with van der Waals surface area (Å²) >= 11 is 2.19. The van der Waals surface area contributed by atoms with Crippen molar-refractivity contribution in [3.05, 3.63) is 0 Å². The molecule has 0 aliphatic rings. The van der Waals surface area contributed by atoms with Gasteiger partial charge in [-0.25, -0.2) is 0 Å². The van der Waals surface area contributed by atoms with Crippen LogP contribution in [0.4, 0.5) is 0 Å². The van der Waals surface area contributed by atoms with Crippen molar-refractivity contribution in [2.24, 2.45) is 0 Å². The third-order valence-electron chi connectivity index (χ3n) is 0. The van der Waals surface area contributed by atoms with Gasteiger partial charge in [0, 0.05) is 0 Å². The van der Waals surface area contributed by atoms with Gasteiger partial charge in [0.2, 0.25) is 0 Å². The van der Waals surface area contributed by atoms with Crippen molar-refractivity contribution in [3.8, 4) is 0 Å². The molecule has 0 aliphatic carbocycles. The Hall–Kier alpha value is 1.21. The first-order valence-corrected chi connectivity index (χ1v) is 5.30. The van der Waals surface area contributed by atoms with Crippen LogP contribution in [-0.4, -0.2) is 13.4 Å². The van der Waals surface area contributed by atoms with Crippen LogP contribution < -0.4 is 0 Å². The third kappa shape index (κ3) is 10.7. The van der Waals surface area contributed by atoms with E-state index in [1.807, 2.05) is 0 Å². The van der Waals surface area contributed by atoms with Crippen molar-refractivity contribution in [3.63, 3.8) is 0 Å². The van der Waals surface area contributed by atoms with Gasteiger partial charge < -0.3 is 0 Å². The summed E-state index contributed by atoms with van der Waals surface area (Å²) in [7, 11) is 0. The van der Waals surface area contributed by atoms with Gasteiger partial charge in [-0.05, 0) is 0 Å². The second-order valence-electron chi connectivity index (χ2n) is 0.463. The van der Waals surface area contributed by atoms with E-state index in [0.717, 1.165) is 0 Å². The van der Waals surface area contributed by atoms with E-state index < -0.39 is 0 Å². The van der Waals surface area contributed by atoms with Crippen LogP contribution in [0.3, 0.4) is 0 Å². The molecule has 0 spiro atoms. The molecule has 0 heterocycles. The first kappa shape index (κ1) is 5.21. The van der Waals surface area contributed by atoms with Gasteiger partial charge >= 0.3 is 41.6 Å². The van der Waals surface area contributed by atoms with Crippen LogP contribution >= 0.6 is 28.1 Å². The Kier molecular flexibility index (Phi) is 3.19. The van der Waals surface area contributed by atoms with Crippen LogP contribution in [-0.2, 0) is 0 Å². The molecule has 0 saturated carbocycles. The molecule has 0 radical (unpaired) electrons. The number of hydrogen-bond donors (Lipinski definition) is 1. The average Bonchev–Trinajstić information content (AvgIpc) is 0.811. The van der Waals surface area contributed by atoms with Crippen LogP contribution in [0.15, 0.2) is 0 Å². The van der Waals surface area contributed by atoms with Gasteiger partial charge in [-0.2, -0.15) is 0 Å². The first-order valence-electron chi connectivity index (χ1n) is 0.801. The number of hydrogen-bond acceptors (Lipinski definition) is 0. The molecule has 0 atom stereocenters. The first-order chi connectivity index (χ1) is 1.73. The molecular formula is H3B2IS. The van der Waals surface area contributed by atoms with E-state index in [1.54, 1.807) is 0 Å². The van der Waals surface area contributed by atoms with E-state index in [0.29, 0.717) is 0 Å². The molecule has 0 N–H and O–H groups in total. The molecule has 0 fully saturated rings. The predicted molar refractivity (Wildman–Crippen MR) is 37.3 cm³/mol. The molecule has 0 rings (SSSR count). The van der Waals surface area contributed by atoms with Gasteiger partial charge in [0.15, 0.2) is 0 Å². The molecule has 0 aromatic rings. The topological polar surface area (TPSA) is 0 Å². The molecule has 4 heavy (non-hydrogen) atoms. The van der Waals surface area contributed by atoms with Gasteiger partial charge in [0.05, 0.1) is 0 Å². The van der Waals surface area contributed by atoms with Crippen LogP contribution in [0.5, 0.6) is 0 Å². The number of thiol groups is 1. The second-order valence-corrected chi connectivity index (χ2v) is 5.48. The Morgan fingerprint density at radius 3 is 1.50 bits per heavy atom. The Morgan fingerprint density at radius 2 is 1.50 bits per heavy atom. The summed E-state index contributed by atoms with van der Waals surface area (Å²) in [5.74, 6) is 0. The molecule has 0 aromatic carbocycles. The molecular weight excluding hydrogens is 181 g/mol. The Bertz CT molecular complexity index is 54.4. The van der Waals surface area contributed by atoms with Gasteiger partial charge in [0.1, 0.15) is 0 Å². The van der Waals surface area contributed by atoms with E-state index in [9.17, 15) is 0 Å². The van der Waals surface area contributed by atoms with Crippen molar-refractivity contribution < 1.29 is 0 Å². The number of rotatable bonds is 0. The van der Waals surface area contributed by atoms with Gasteiger partial charge in [-0.15, -0.1) is 0 Å². The van der Waals surface area contributed by atoms with E-state index in [-0.39, 0.29) is 6.92 Å². The van der Waals surface area contributed by atoms with Crippen molar-refractivity contribution in [1.29, 1.82) is 0 Å². The van der Waals surface area contributed by atoms with Gasteiger partial charge in [0.25, 0.3) is 0 Å². The molecule has 0 aromatic heterocycles. The van der Waals surface area contributed by atoms with Crippen molar-refractivity contribution >= 4 is 41.6 Å². The zero-order valence-electron chi connectivity index (χ0n) is 2.24. The fourth-order valence-corrected chi connectivity index (χ4v) is 0. The predicted octanol–water partition coefficient (Wildman–Crippen LogP) is -0.0308. The molecule has 0 saturated heterocycles.